The van der Waals surface area contributed by atoms with Crippen molar-refractivity contribution < 1.29 is 9.59 Å². The van der Waals surface area contributed by atoms with Crippen molar-refractivity contribution >= 4 is 11.9 Å². The molecule has 6 nitrogen and oxygen atoms in total. The molecule has 1 aliphatic carbocycles. The largest absolute Gasteiger partial charge is 0.354 e. The van der Waals surface area contributed by atoms with Gasteiger partial charge in [-0.1, -0.05) is 12.8 Å². The number of hydrogen-bond acceptors (Lipinski definition) is 3. The fraction of sp³-hybridized carbons (Fsp3) is 0.800. The second kappa shape index (κ2) is 5.69. The Bertz CT molecular complexity index is 262. The molecule has 1 saturated carbocycles. The van der Waals surface area contributed by atoms with Gasteiger partial charge in [0.05, 0.1) is 0 Å². The second-order valence-electron chi connectivity index (χ2n) is 4.39. The molecule has 0 heterocycles. The van der Waals surface area contributed by atoms with Crippen LogP contribution in [0.5, 0.6) is 0 Å². The number of primary amides is 1. The van der Waals surface area contributed by atoms with E-state index < -0.39 is 6.03 Å². The summed E-state index contributed by atoms with van der Waals surface area (Å²) >= 11 is 0. The Kier molecular flexibility index (Phi) is 4.54. The van der Waals surface area contributed by atoms with Gasteiger partial charge in [0.25, 0.3) is 0 Å². The highest BCUT2D eigenvalue weighted by Gasteiger charge is 2.31. The van der Waals surface area contributed by atoms with Crippen molar-refractivity contribution in [1.29, 1.82) is 0 Å². The van der Waals surface area contributed by atoms with Gasteiger partial charge < -0.3 is 22.1 Å². The summed E-state index contributed by atoms with van der Waals surface area (Å²) in [4.78, 5) is 21.9. The van der Waals surface area contributed by atoms with E-state index in [2.05, 4.69) is 10.6 Å². The number of nitrogens with one attached hydrogen (secondary N) is 2. The summed E-state index contributed by atoms with van der Waals surface area (Å²) < 4.78 is 0. The van der Waals surface area contributed by atoms with Crippen molar-refractivity contribution in [2.75, 3.05) is 13.1 Å². The maximum absolute atomic E-state index is 11.5. The van der Waals surface area contributed by atoms with Crippen molar-refractivity contribution in [1.82, 2.24) is 10.6 Å². The predicted octanol–water partition coefficient (Wildman–Crippen LogP) is -0.567. The van der Waals surface area contributed by atoms with E-state index in [9.17, 15) is 9.59 Å². The number of carbonyl (C=O) groups excluding carboxylic acids is 2. The molecule has 1 rings (SSSR count). The first-order chi connectivity index (χ1) is 7.52. The molecule has 0 unspecified atom stereocenters. The van der Waals surface area contributed by atoms with E-state index in [-0.39, 0.29) is 11.4 Å². The first-order valence-corrected chi connectivity index (χ1v) is 5.61. The van der Waals surface area contributed by atoms with Gasteiger partial charge in [-0.15, -0.1) is 0 Å². The quantitative estimate of drug-likeness (QED) is 0.473. The van der Waals surface area contributed by atoms with Crippen LogP contribution in [0, 0.1) is 0 Å². The average molecular weight is 228 g/mol. The standard InChI is InChI=1S/C10H20N4O2/c11-9(16)14-6-5-13-8(15)7-10(12)3-1-2-4-10/h1-7,12H2,(H,13,15)(H3,11,14,16). The smallest absolute Gasteiger partial charge is 0.312 e. The number of urea groups is 1. The molecule has 92 valence electrons. The maximum atomic E-state index is 11.5. The van der Waals surface area contributed by atoms with Crippen LogP contribution in [0.4, 0.5) is 4.79 Å². The van der Waals surface area contributed by atoms with Crippen LogP contribution < -0.4 is 22.1 Å². The molecule has 0 radical (unpaired) electrons. The predicted molar refractivity (Wildman–Crippen MR) is 60.6 cm³/mol. The average Bonchev–Trinajstić information content (AvgIpc) is 2.59. The minimum Gasteiger partial charge on any atom is -0.354 e. The molecule has 0 aromatic carbocycles. The fourth-order valence-electron chi connectivity index (χ4n) is 2.03. The van der Waals surface area contributed by atoms with E-state index in [4.69, 9.17) is 11.5 Å². The monoisotopic (exact) mass is 228 g/mol. The molecule has 0 bridgehead atoms. The minimum absolute atomic E-state index is 0.0596. The highest BCUT2D eigenvalue weighted by atomic mass is 16.2. The summed E-state index contributed by atoms with van der Waals surface area (Å²) in [6.07, 6.45) is 4.41. The van der Waals surface area contributed by atoms with Crippen LogP contribution in [0.3, 0.4) is 0 Å². The van der Waals surface area contributed by atoms with Crippen molar-refractivity contribution in [2.24, 2.45) is 11.5 Å². The molecular formula is C10H20N4O2. The third-order valence-electron chi connectivity index (χ3n) is 2.86. The van der Waals surface area contributed by atoms with Crippen LogP contribution in [0.2, 0.25) is 0 Å². The summed E-state index contributed by atoms with van der Waals surface area (Å²) in [5.41, 5.74) is 10.6. The van der Waals surface area contributed by atoms with Crippen molar-refractivity contribution in [2.45, 2.75) is 37.6 Å². The zero-order chi connectivity index (χ0) is 12.0. The molecule has 1 fully saturated rings. The van der Waals surface area contributed by atoms with Crippen LogP contribution in [0.15, 0.2) is 0 Å². The molecule has 0 aromatic heterocycles. The van der Waals surface area contributed by atoms with E-state index >= 15 is 0 Å². The molecule has 0 saturated heterocycles. The van der Waals surface area contributed by atoms with Crippen molar-refractivity contribution in [3.63, 3.8) is 0 Å². The molecular weight excluding hydrogens is 208 g/mol. The van der Waals surface area contributed by atoms with Crippen molar-refractivity contribution in [3.05, 3.63) is 0 Å². The molecule has 6 N–H and O–H groups in total. The Morgan fingerprint density at radius 3 is 2.25 bits per heavy atom. The topological polar surface area (TPSA) is 110 Å². The normalized spacial score (nSPS) is 18.1. The molecule has 0 spiro atoms. The number of carbonyl (C=O) groups is 2. The Balaban J connectivity index is 2.13. The Morgan fingerprint density at radius 2 is 1.69 bits per heavy atom. The highest BCUT2D eigenvalue weighted by Crippen LogP contribution is 2.29. The summed E-state index contributed by atoms with van der Waals surface area (Å²) in [5, 5.41) is 5.10. The molecule has 0 aromatic rings. The van der Waals surface area contributed by atoms with Gasteiger partial charge in [-0.25, -0.2) is 4.79 Å². The lowest BCUT2D eigenvalue weighted by Gasteiger charge is -2.22. The summed E-state index contributed by atoms with van der Waals surface area (Å²) in [6.45, 7) is 0.733. The third kappa shape index (κ3) is 4.48. The van der Waals surface area contributed by atoms with Crippen LogP contribution in [0.1, 0.15) is 32.1 Å². The van der Waals surface area contributed by atoms with Gasteiger partial charge in [-0.05, 0) is 12.8 Å². The number of amides is 3. The zero-order valence-electron chi connectivity index (χ0n) is 9.42. The Labute approximate surface area is 95.1 Å². The van der Waals surface area contributed by atoms with Crippen LogP contribution in [-0.2, 0) is 4.79 Å². The van der Waals surface area contributed by atoms with Gasteiger partial charge >= 0.3 is 6.03 Å². The second-order valence-corrected chi connectivity index (χ2v) is 4.39. The Morgan fingerprint density at radius 1 is 1.12 bits per heavy atom. The van der Waals surface area contributed by atoms with Gasteiger partial charge in [-0.2, -0.15) is 0 Å². The molecule has 1 aliphatic rings. The lowest BCUT2D eigenvalue weighted by molar-refractivity contribution is -0.122. The van der Waals surface area contributed by atoms with Gasteiger partial charge in [0.15, 0.2) is 0 Å². The number of hydrogen-bond donors (Lipinski definition) is 4. The minimum atomic E-state index is -0.583. The SMILES string of the molecule is NC(=O)NCCNC(=O)CC1(N)CCCC1. The lowest BCUT2D eigenvalue weighted by Crippen LogP contribution is -2.44. The highest BCUT2D eigenvalue weighted by molar-refractivity contribution is 5.77. The summed E-state index contributed by atoms with van der Waals surface area (Å²) in [7, 11) is 0. The third-order valence-corrected chi connectivity index (χ3v) is 2.86. The van der Waals surface area contributed by atoms with Gasteiger partial charge in [-0.3, -0.25) is 4.79 Å². The van der Waals surface area contributed by atoms with E-state index in [1.54, 1.807) is 0 Å². The molecule has 6 heteroatoms. The van der Waals surface area contributed by atoms with Gasteiger partial charge in [0.1, 0.15) is 0 Å². The van der Waals surface area contributed by atoms with Crippen LogP contribution in [-0.4, -0.2) is 30.6 Å². The first-order valence-electron chi connectivity index (χ1n) is 5.61. The first kappa shape index (κ1) is 12.8. The van der Waals surface area contributed by atoms with E-state index in [1.165, 1.54) is 0 Å². The summed E-state index contributed by atoms with van der Waals surface area (Å²) in [6, 6.07) is -0.583. The van der Waals surface area contributed by atoms with Crippen LogP contribution >= 0.6 is 0 Å². The zero-order valence-corrected chi connectivity index (χ0v) is 9.42. The lowest BCUT2D eigenvalue weighted by atomic mass is 9.94. The van der Waals surface area contributed by atoms with Gasteiger partial charge in [0, 0.05) is 25.0 Å². The maximum Gasteiger partial charge on any atom is 0.312 e. The van der Waals surface area contributed by atoms with E-state index in [1.807, 2.05) is 0 Å². The number of rotatable bonds is 5. The number of nitrogens with two attached hydrogens (primary N) is 2. The van der Waals surface area contributed by atoms with E-state index in [0.29, 0.717) is 19.5 Å². The van der Waals surface area contributed by atoms with Crippen molar-refractivity contribution in [3.8, 4) is 0 Å². The summed E-state index contributed by atoms with van der Waals surface area (Å²) in [5.74, 6) is -0.0596. The van der Waals surface area contributed by atoms with E-state index in [0.717, 1.165) is 25.7 Å². The molecule has 16 heavy (non-hydrogen) atoms. The fourth-order valence-corrected chi connectivity index (χ4v) is 2.03. The Hall–Kier alpha value is -1.30. The van der Waals surface area contributed by atoms with Crippen LogP contribution in [0.25, 0.3) is 0 Å². The molecule has 3 amide bonds. The molecule has 0 atom stereocenters. The molecule has 0 aliphatic heterocycles. The van der Waals surface area contributed by atoms with Gasteiger partial charge in [0.2, 0.25) is 5.91 Å².